The molecule has 1 amide bonds. The van der Waals surface area contributed by atoms with E-state index in [-0.39, 0.29) is 5.91 Å². The molecule has 0 aromatic rings. The Morgan fingerprint density at radius 1 is 1.44 bits per heavy atom. The maximum absolute atomic E-state index is 11.1. The summed E-state index contributed by atoms with van der Waals surface area (Å²) in [5.41, 5.74) is 0. The van der Waals surface area contributed by atoms with Crippen LogP contribution in [0.1, 0.15) is 39.0 Å². The first-order valence-corrected chi connectivity index (χ1v) is 7.50. The Bertz CT molecular complexity index is 270. The van der Waals surface area contributed by atoms with E-state index >= 15 is 0 Å². The van der Waals surface area contributed by atoms with Crippen molar-refractivity contribution in [2.75, 3.05) is 32.7 Å². The molecule has 2 atom stereocenters. The third-order valence-electron chi connectivity index (χ3n) is 4.26. The zero-order valence-electron chi connectivity index (χ0n) is 11.6. The fourth-order valence-corrected chi connectivity index (χ4v) is 3.09. The molecule has 2 rings (SSSR count). The van der Waals surface area contributed by atoms with Gasteiger partial charge in [-0.25, -0.2) is 0 Å². The minimum Gasteiger partial charge on any atom is -0.352 e. The van der Waals surface area contributed by atoms with Crippen molar-refractivity contribution in [2.45, 2.75) is 45.1 Å². The molecule has 4 heteroatoms. The smallest absolute Gasteiger partial charge is 0.220 e. The lowest BCUT2D eigenvalue weighted by molar-refractivity contribution is -0.119. The second-order valence-electron chi connectivity index (χ2n) is 5.70. The van der Waals surface area contributed by atoms with Gasteiger partial charge in [-0.2, -0.15) is 0 Å². The normalized spacial score (nSPS) is 29.5. The van der Waals surface area contributed by atoms with Crippen LogP contribution in [-0.4, -0.2) is 49.6 Å². The zero-order chi connectivity index (χ0) is 12.8. The molecule has 2 aliphatic rings. The summed E-state index contributed by atoms with van der Waals surface area (Å²) in [5, 5.41) is 6.49. The first-order valence-electron chi connectivity index (χ1n) is 7.50. The Hall–Kier alpha value is -0.610. The Labute approximate surface area is 110 Å². The number of carbonyl (C=O) groups is 1. The fourth-order valence-electron chi connectivity index (χ4n) is 3.09. The third kappa shape index (κ3) is 4.25. The van der Waals surface area contributed by atoms with Crippen LogP contribution in [0.2, 0.25) is 0 Å². The number of piperidine rings is 1. The monoisotopic (exact) mass is 253 g/mol. The zero-order valence-corrected chi connectivity index (χ0v) is 11.6. The summed E-state index contributed by atoms with van der Waals surface area (Å²) in [6.07, 6.45) is 5.73. The molecule has 0 aromatic carbocycles. The first kappa shape index (κ1) is 13.8. The van der Waals surface area contributed by atoms with Crippen LogP contribution < -0.4 is 10.6 Å². The molecule has 104 valence electrons. The van der Waals surface area contributed by atoms with Gasteiger partial charge in [0.2, 0.25) is 5.91 Å². The SMILES string of the molecule is CCN1CCCC(CCNCC2CCC(=O)N2)C1. The van der Waals surface area contributed by atoms with Gasteiger partial charge in [-0.1, -0.05) is 6.92 Å². The minimum atomic E-state index is 0.215. The average molecular weight is 253 g/mol. The number of likely N-dealkylation sites (tertiary alicyclic amines) is 1. The maximum Gasteiger partial charge on any atom is 0.220 e. The minimum absolute atomic E-state index is 0.215. The van der Waals surface area contributed by atoms with E-state index in [0.717, 1.165) is 25.4 Å². The van der Waals surface area contributed by atoms with Crippen LogP contribution in [-0.2, 0) is 4.79 Å². The summed E-state index contributed by atoms with van der Waals surface area (Å²) in [5.74, 6) is 1.08. The van der Waals surface area contributed by atoms with E-state index < -0.39 is 0 Å². The maximum atomic E-state index is 11.1. The van der Waals surface area contributed by atoms with Gasteiger partial charge in [-0.05, 0) is 51.2 Å². The summed E-state index contributed by atoms with van der Waals surface area (Å²) in [7, 11) is 0. The number of rotatable bonds is 6. The predicted molar refractivity (Wildman–Crippen MR) is 73.5 cm³/mol. The van der Waals surface area contributed by atoms with Crippen molar-refractivity contribution in [2.24, 2.45) is 5.92 Å². The van der Waals surface area contributed by atoms with Crippen LogP contribution >= 0.6 is 0 Å². The summed E-state index contributed by atoms with van der Waals surface area (Å²) in [6, 6.07) is 0.371. The Morgan fingerprint density at radius 2 is 2.33 bits per heavy atom. The van der Waals surface area contributed by atoms with Gasteiger partial charge in [0.15, 0.2) is 0 Å². The Balaban J connectivity index is 1.53. The highest BCUT2D eigenvalue weighted by Crippen LogP contribution is 2.18. The number of hydrogen-bond donors (Lipinski definition) is 2. The topological polar surface area (TPSA) is 44.4 Å². The van der Waals surface area contributed by atoms with Crippen LogP contribution in [0.15, 0.2) is 0 Å². The molecule has 0 radical (unpaired) electrons. The molecule has 2 N–H and O–H groups in total. The van der Waals surface area contributed by atoms with Gasteiger partial charge >= 0.3 is 0 Å². The molecule has 0 spiro atoms. The van der Waals surface area contributed by atoms with Crippen molar-refractivity contribution < 1.29 is 4.79 Å². The first-order chi connectivity index (χ1) is 8.78. The summed E-state index contributed by atoms with van der Waals surface area (Å²) in [6.45, 7) is 8.04. The van der Waals surface area contributed by atoms with E-state index in [2.05, 4.69) is 22.5 Å². The molecule has 2 aliphatic heterocycles. The highest BCUT2D eigenvalue weighted by molar-refractivity contribution is 5.78. The number of nitrogens with one attached hydrogen (secondary N) is 2. The van der Waals surface area contributed by atoms with Crippen LogP contribution in [0.5, 0.6) is 0 Å². The van der Waals surface area contributed by atoms with Crippen molar-refractivity contribution >= 4 is 5.91 Å². The molecule has 0 bridgehead atoms. The summed E-state index contributed by atoms with van der Waals surface area (Å²) < 4.78 is 0. The largest absolute Gasteiger partial charge is 0.352 e. The lowest BCUT2D eigenvalue weighted by Crippen LogP contribution is -2.38. The number of hydrogen-bond acceptors (Lipinski definition) is 3. The van der Waals surface area contributed by atoms with E-state index in [1.165, 1.54) is 38.9 Å². The van der Waals surface area contributed by atoms with E-state index in [4.69, 9.17) is 0 Å². The van der Waals surface area contributed by atoms with E-state index in [9.17, 15) is 4.79 Å². The molecule has 18 heavy (non-hydrogen) atoms. The molecule has 0 saturated carbocycles. The Kier molecular flexibility index (Phi) is 5.45. The van der Waals surface area contributed by atoms with Crippen molar-refractivity contribution in [1.29, 1.82) is 0 Å². The van der Waals surface area contributed by atoms with Gasteiger partial charge in [0.1, 0.15) is 0 Å². The van der Waals surface area contributed by atoms with E-state index in [1.54, 1.807) is 0 Å². The quantitative estimate of drug-likeness (QED) is 0.694. The molecule has 0 aromatic heterocycles. The molecular formula is C14H27N3O. The molecule has 2 fully saturated rings. The summed E-state index contributed by atoms with van der Waals surface area (Å²) in [4.78, 5) is 13.6. The molecule has 2 heterocycles. The van der Waals surface area contributed by atoms with Crippen LogP contribution in [0.4, 0.5) is 0 Å². The van der Waals surface area contributed by atoms with Crippen molar-refractivity contribution in [3.05, 3.63) is 0 Å². The van der Waals surface area contributed by atoms with Crippen molar-refractivity contribution in [3.63, 3.8) is 0 Å². The second-order valence-corrected chi connectivity index (χ2v) is 5.70. The average Bonchev–Trinajstić information content (AvgIpc) is 2.81. The van der Waals surface area contributed by atoms with E-state index in [0.29, 0.717) is 12.5 Å². The van der Waals surface area contributed by atoms with Crippen molar-refractivity contribution in [1.82, 2.24) is 15.5 Å². The highest BCUT2D eigenvalue weighted by Gasteiger charge is 2.21. The van der Waals surface area contributed by atoms with Crippen LogP contribution in [0.25, 0.3) is 0 Å². The fraction of sp³-hybridized carbons (Fsp3) is 0.929. The molecule has 2 unspecified atom stereocenters. The number of amides is 1. The molecule has 2 saturated heterocycles. The van der Waals surface area contributed by atoms with Gasteiger partial charge in [0.25, 0.3) is 0 Å². The molecule has 0 aliphatic carbocycles. The Morgan fingerprint density at radius 3 is 3.06 bits per heavy atom. The molecule has 4 nitrogen and oxygen atoms in total. The van der Waals surface area contributed by atoms with Gasteiger partial charge in [-0.3, -0.25) is 4.79 Å². The van der Waals surface area contributed by atoms with Gasteiger partial charge in [0, 0.05) is 25.6 Å². The van der Waals surface area contributed by atoms with Crippen LogP contribution in [0.3, 0.4) is 0 Å². The highest BCUT2D eigenvalue weighted by atomic mass is 16.1. The predicted octanol–water partition coefficient (Wildman–Crippen LogP) is 0.977. The van der Waals surface area contributed by atoms with E-state index in [1.807, 2.05) is 0 Å². The van der Waals surface area contributed by atoms with Gasteiger partial charge < -0.3 is 15.5 Å². The van der Waals surface area contributed by atoms with Gasteiger partial charge in [0.05, 0.1) is 0 Å². The number of carbonyl (C=O) groups excluding carboxylic acids is 1. The second kappa shape index (κ2) is 7.10. The lowest BCUT2D eigenvalue weighted by atomic mass is 9.95. The summed E-state index contributed by atoms with van der Waals surface area (Å²) >= 11 is 0. The van der Waals surface area contributed by atoms with Gasteiger partial charge in [-0.15, -0.1) is 0 Å². The standard InChI is InChI=1S/C14H27N3O/c1-2-17-9-3-4-12(11-17)7-8-15-10-13-5-6-14(18)16-13/h12-13,15H,2-11H2,1H3,(H,16,18). The lowest BCUT2D eigenvalue weighted by Gasteiger charge is -2.31. The third-order valence-corrected chi connectivity index (χ3v) is 4.26. The molecular weight excluding hydrogens is 226 g/mol. The van der Waals surface area contributed by atoms with Crippen molar-refractivity contribution in [3.8, 4) is 0 Å². The number of nitrogens with zero attached hydrogens (tertiary/aromatic N) is 1. The van der Waals surface area contributed by atoms with Crippen LogP contribution in [0, 0.1) is 5.92 Å².